The minimum Gasteiger partial charge on any atom is -0.486 e. The fraction of sp³-hybridized carbons (Fsp3) is 0.815. The van der Waals surface area contributed by atoms with Gasteiger partial charge in [-0.15, -0.1) is 0 Å². The molecule has 0 radical (unpaired) electrons. The van der Waals surface area contributed by atoms with Crippen molar-refractivity contribution < 1.29 is 9.53 Å². The van der Waals surface area contributed by atoms with Crippen LogP contribution in [-0.4, -0.2) is 11.4 Å². The van der Waals surface area contributed by atoms with Crippen molar-refractivity contribution >= 4 is 5.78 Å². The number of ketones is 1. The standard InChI is InChI=1S/C27H42O2/c1-10-25(7)17(3)11-12-26(8)21-14-19-20(28)13-16(2)18(4)23(19)29-27(21,9)24(5,6)15-22(25)26/h17,21-22H,10-15H2,1-9H3/t17-,21+,22-,25?,26+,27-/m0/s1. The highest BCUT2D eigenvalue weighted by Gasteiger charge is 2.68. The zero-order valence-corrected chi connectivity index (χ0v) is 20.3. The van der Waals surface area contributed by atoms with Crippen molar-refractivity contribution in [3.05, 3.63) is 22.5 Å². The third-order valence-corrected chi connectivity index (χ3v) is 10.9. The molecule has 2 saturated carbocycles. The van der Waals surface area contributed by atoms with Crippen LogP contribution in [-0.2, 0) is 9.53 Å². The van der Waals surface area contributed by atoms with Crippen LogP contribution in [0, 0.1) is 34.0 Å². The molecule has 0 bridgehead atoms. The SMILES string of the molecule is CCC1(C)[C@@H](C)CC[C@]2(C)[C@H]3CC4=C(O[C@]3(C)C(C)(C)C[C@@H]12)C(C)=C(C)CC4=O. The van der Waals surface area contributed by atoms with Gasteiger partial charge in [-0.3, -0.25) is 4.79 Å². The van der Waals surface area contributed by atoms with Crippen molar-refractivity contribution in [2.45, 2.75) is 106 Å². The second kappa shape index (κ2) is 6.24. The molecule has 0 aromatic heterocycles. The van der Waals surface area contributed by atoms with E-state index in [2.05, 4.69) is 62.3 Å². The molecule has 6 atom stereocenters. The lowest BCUT2D eigenvalue weighted by atomic mass is 9.38. The van der Waals surface area contributed by atoms with E-state index < -0.39 is 0 Å². The molecule has 1 aliphatic heterocycles. The molecule has 3 aliphatic carbocycles. The smallest absolute Gasteiger partial charge is 0.166 e. The van der Waals surface area contributed by atoms with Gasteiger partial charge in [-0.2, -0.15) is 0 Å². The van der Waals surface area contributed by atoms with Crippen LogP contribution in [0.1, 0.15) is 101 Å². The topological polar surface area (TPSA) is 26.3 Å². The summed E-state index contributed by atoms with van der Waals surface area (Å²) in [6, 6.07) is 0. The molecule has 162 valence electrons. The monoisotopic (exact) mass is 398 g/mol. The average molecular weight is 399 g/mol. The van der Waals surface area contributed by atoms with Gasteiger partial charge in [-0.25, -0.2) is 0 Å². The Labute approximate surface area is 178 Å². The molecule has 0 N–H and O–H groups in total. The summed E-state index contributed by atoms with van der Waals surface area (Å²) < 4.78 is 6.99. The van der Waals surface area contributed by atoms with Crippen molar-refractivity contribution in [2.24, 2.45) is 34.0 Å². The predicted molar refractivity (Wildman–Crippen MR) is 119 cm³/mol. The highest BCUT2D eigenvalue weighted by Crippen LogP contribution is 2.71. The molecule has 0 amide bonds. The molecule has 4 rings (SSSR count). The first-order chi connectivity index (χ1) is 13.3. The van der Waals surface area contributed by atoms with Gasteiger partial charge in [-0.05, 0) is 74.7 Å². The Balaban J connectivity index is 1.88. The fourth-order valence-corrected chi connectivity index (χ4v) is 7.85. The maximum atomic E-state index is 13.1. The normalized spacial score (nSPS) is 46.7. The summed E-state index contributed by atoms with van der Waals surface area (Å²) in [4.78, 5) is 13.1. The number of hydrogen-bond acceptors (Lipinski definition) is 2. The van der Waals surface area contributed by atoms with Crippen LogP contribution in [0.5, 0.6) is 0 Å². The Morgan fingerprint density at radius 1 is 1.07 bits per heavy atom. The highest BCUT2D eigenvalue weighted by atomic mass is 16.5. The molecule has 1 heterocycles. The largest absolute Gasteiger partial charge is 0.486 e. The lowest BCUT2D eigenvalue weighted by Gasteiger charge is -2.69. The third kappa shape index (κ3) is 2.56. The summed E-state index contributed by atoms with van der Waals surface area (Å²) in [6.07, 6.45) is 6.48. The van der Waals surface area contributed by atoms with Crippen LogP contribution in [0.4, 0.5) is 0 Å². The summed E-state index contributed by atoms with van der Waals surface area (Å²) in [7, 11) is 0. The van der Waals surface area contributed by atoms with Gasteiger partial charge in [0.05, 0.1) is 0 Å². The number of rotatable bonds is 1. The quantitative estimate of drug-likeness (QED) is 0.465. The first kappa shape index (κ1) is 21.2. The van der Waals surface area contributed by atoms with Crippen molar-refractivity contribution in [2.75, 3.05) is 0 Å². The van der Waals surface area contributed by atoms with Crippen LogP contribution in [0.25, 0.3) is 0 Å². The van der Waals surface area contributed by atoms with Gasteiger partial charge < -0.3 is 4.74 Å². The van der Waals surface area contributed by atoms with E-state index in [0.717, 1.165) is 23.7 Å². The molecule has 2 nitrogen and oxygen atoms in total. The summed E-state index contributed by atoms with van der Waals surface area (Å²) >= 11 is 0. The number of ether oxygens (including phenoxy) is 1. The van der Waals surface area contributed by atoms with Crippen LogP contribution >= 0.6 is 0 Å². The lowest BCUT2D eigenvalue weighted by molar-refractivity contribution is -0.249. The third-order valence-electron chi connectivity index (χ3n) is 10.9. The van der Waals surface area contributed by atoms with Crippen molar-refractivity contribution in [1.82, 2.24) is 0 Å². The number of fused-ring (bicyclic) bond motifs is 3. The van der Waals surface area contributed by atoms with E-state index in [1.807, 2.05) is 0 Å². The molecule has 4 aliphatic rings. The lowest BCUT2D eigenvalue weighted by Crippen LogP contribution is -2.67. The van der Waals surface area contributed by atoms with E-state index >= 15 is 0 Å². The molecule has 0 spiro atoms. The number of hydrogen-bond donors (Lipinski definition) is 0. The average Bonchev–Trinajstić information content (AvgIpc) is 2.65. The molecule has 2 fully saturated rings. The summed E-state index contributed by atoms with van der Waals surface area (Å²) in [5, 5.41) is 0. The number of carbonyl (C=O) groups excluding carboxylic acids is 1. The van der Waals surface area contributed by atoms with E-state index in [9.17, 15) is 4.79 Å². The fourth-order valence-electron chi connectivity index (χ4n) is 7.85. The zero-order chi connectivity index (χ0) is 21.6. The molecule has 0 aromatic carbocycles. The van der Waals surface area contributed by atoms with Crippen molar-refractivity contribution in [1.29, 1.82) is 0 Å². The van der Waals surface area contributed by atoms with E-state index in [0.29, 0.717) is 29.5 Å². The second-order valence-electron chi connectivity index (χ2n) is 12.2. The van der Waals surface area contributed by atoms with Crippen LogP contribution in [0.15, 0.2) is 22.5 Å². The van der Waals surface area contributed by atoms with Gasteiger partial charge in [0.2, 0.25) is 0 Å². The summed E-state index contributed by atoms with van der Waals surface area (Å²) in [6.45, 7) is 21.4. The van der Waals surface area contributed by atoms with Crippen LogP contribution in [0.3, 0.4) is 0 Å². The summed E-state index contributed by atoms with van der Waals surface area (Å²) in [5.74, 6) is 3.07. The molecule has 2 heteroatoms. The van der Waals surface area contributed by atoms with Gasteiger partial charge >= 0.3 is 0 Å². The maximum Gasteiger partial charge on any atom is 0.166 e. The Morgan fingerprint density at radius 3 is 2.34 bits per heavy atom. The Hall–Kier alpha value is -1.05. The van der Waals surface area contributed by atoms with Gasteiger partial charge in [0.1, 0.15) is 11.4 Å². The molecule has 29 heavy (non-hydrogen) atoms. The van der Waals surface area contributed by atoms with Gasteiger partial charge in [0, 0.05) is 23.3 Å². The molecule has 1 unspecified atom stereocenters. The second-order valence-corrected chi connectivity index (χ2v) is 12.2. The first-order valence-electron chi connectivity index (χ1n) is 11.9. The zero-order valence-electron chi connectivity index (χ0n) is 20.3. The van der Waals surface area contributed by atoms with Crippen molar-refractivity contribution in [3.8, 4) is 0 Å². The predicted octanol–water partition coefficient (Wildman–Crippen LogP) is 7.24. The van der Waals surface area contributed by atoms with Gasteiger partial charge in [0.25, 0.3) is 0 Å². The molecule has 0 aromatic rings. The van der Waals surface area contributed by atoms with Crippen LogP contribution < -0.4 is 0 Å². The minimum absolute atomic E-state index is 0.0720. The van der Waals surface area contributed by atoms with Gasteiger partial charge in [-0.1, -0.05) is 53.5 Å². The Bertz CT molecular complexity index is 814. The first-order valence-corrected chi connectivity index (χ1v) is 11.9. The van der Waals surface area contributed by atoms with Crippen LogP contribution in [0.2, 0.25) is 0 Å². The van der Waals surface area contributed by atoms with E-state index in [-0.39, 0.29) is 16.4 Å². The van der Waals surface area contributed by atoms with Crippen molar-refractivity contribution in [3.63, 3.8) is 0 Å². The minimum atomic E-state index is -0.231. The van der Waals surface area contributed by atoms with E-state index in [1.54, 1.807) is 0 Å². The maximum absolute atomic E-state index is 13.1. The van der Waals surface area contributed by atoms with E-state index in [1.165, 1.54) is 36.8 Å². The Kier molecular flexibility index (Phi) is 4.56. The number of Topliss-reactive ketones (excluding diaryl/α,β-unsaturated/α-hetero) is 1. The Morgan fingerprint density at radius 2 is 1.72 bits per heavy atom. The van der Waals surface area contributed by atoms with E-state index in [4.69, 9.17) is 4.74 Å². The highest BCUT2D eigenvalue weighted by molar-refractivity contribution is 5.99. The van der Waals surface area contributed by atoms with Gasteiger partial charge in [0.15, 0.2) is 5.78 Å². The molecular formula is C27H42O2. The summed E-state index contributed by atoms with van der Waals surface area (Å²) in [5.41, 5.74) is 3.81. The number of carbonyl (C=O) groups is 1. The molecule has 0 saturated heterocycles. The number of allylic oxidation sites excluding steroid dienone is 3. The molecular weight excluding hydrogens is 356 g/mol.